The van der Waals surface area contributed by atoms with E-state index in [-0.39, 0.29) is 23.7 Å². The Bertz CT molecular complexity index is 792. The van der Waals surface area contributed by atoms with Gasteiger partial charge < -0.3 is 14.9 Å². The summed E-state index contributed by atoms with van der Waals surface area (Å²) in [6.07, 6.45) is 2.72. The van der Waals surface area contributed by atoms with E-state index in [1.165, 1.54) is 12.1 Å². The fraction of sp³-hybridized carbons (Fsp3) is 0.474. The highest BCUT2D eigenvalue weighted by Gasteiger charge is 2.48. The summed E-state index contributed by atoms with van der Waals surface area (Å²) < 4.78 is 13.1. The van der Waals surface area contributed by atoms with Gasteiger partial charge in [0.25, 0.3) is 0 Å². The van der Waals surface area contributed by atoms with E-state index in [1.807, 2.05) is 5.38 Å². The number of aliphatic hydroxyl groups is 1. The van der Waals surface area contributed by atoms with Gasteiger partial charge in [-0.2, -0.15) is 0 Å². The summed E-state index contributed by atoms with van der Waals surface area (Å²) in [6.45, 7) is 2.68. The zero-order chi connectivity index (χ0) is 18.1. The Kier molecular flexibility index (Phi) is 4.67. The molecule has 26 heavy (non-hydrogen) atoms. The number of aliphatic hydroxyl groups excluding tert-OH is 1. The van der Waals surface area contributed by atoms with Crippen LogP contribution in [0.25, 0.3) is 11.3 Å². The van der Waals surface area contributed by atoms with Crippen molar-refractivity contribution < 1.29 is 14.3 Å². The minimum atomic E-state index is -0.338. The van der Waals surface area contributed by atoms with Gasteiger partial charge in [0, 0.05) is 37.1 Å². The second-order valence-electron chi connectivity index (χ2n) is 7.09. The van der Waals surface area contributed by atoms with Crippen LogP contribution in [-0.2, 0) is 4.79 Å². The number of nitrogens with zero attached hydrogens (tertiary/aromatic N) is 3. The van der Waals surface area contributed by atoms with Crippen molar-refractivity contribution in [3.05, 3.63) is 35.5 Å². The lowest BCUT2D eigenvalue weighted by Crippen LogP contribution is -2.50. The third kappa shape index (κ3) is 3.10. The van der Waals surface area contributed by atoms with Crippen LogP contribution in [0.2, 0.25) is 0 Å². The lowest BCUT2D eigenvalue weighted by Gasteiger charge is -2.39. The van der Waals surface area contributed by atoms with Crippen LogP contribution >= 0.6 is 11.3 Å². The smallest absolute Gasteiger partial charge is 0.230 e. The number of benzene rings is 1. The van der Waals surface area contributed by atoms with Gasteiger partial charge in [0.05, 0.1) is 17.7 Å². The van der Waals surface area contributed by atoms with Crippen LogP contribution in [0.4, 0.5) is 9.52 Å². The molecule has 3 heterocycles. The predicted octanol–water partition coefficient (Wildman–Crippen LogP) is 2.76. The van der Waals surface area contributed by atoms with Crippen LogP contribution in [0.1, 0.15) is 19.3 Å². The first-order valence-electron chi connectivity index (χ1n) is 8.98. The van der Waals surface area contributed by atoms with E-state index in [0.717, 1.165) is 48.7 Å². The Morgan fingerprint density at radius 3 is 2.81 bits per heavy atom. The molecule has 0 radical (unpaired) electrons. The van der Waals surface area contributed by atoms with E-state index >= 15 is 0 Å². The van der Waals surface area contributed by atoms with Gasteiger partial charge in [-0.05, 0) is 43.5 Å². The number of β-amino-alcohol motifs (C(OH)–C–C–N with tert-alkyl or cyclic N) is 1. The highest BCUT2D eigenvalue weighted by atomic mass is 32.1. The van der Waals surface area contributed by atoms with Crippen LogP contribution < -0.4 is 4.90 Å². The topological polar surface area (TPSA) is 56.7 Å². The summed E-state index contributed by atoms with van der Waals surface area (Å²) >= 11 is 1.56. The molecule has 2 aliphatic rings. The van der Waals surface area contributed by atoms with Gasteiger partial charge in [0.15, 0.2) is 5.13 Å². The predicted molar refractivity (Wildman–Crippen MR) is 99.7 cm³/mol. The van der Waals surface area contributed by atoms with Gasteiger partial charge >= 0.3 is 0 Å². The van der Waals surface area contributed by atoms with Crippen LogP contribution in [-0.4, -0.2) is 53.7 Å². The number of amides is 1. The SMILES string of the molecule is O=C1N(CCO)CCC[C@]12CCN(c1nc(-c3ccc(F)cc3)cs1)C2. The van der Waals surface area contributed by atoms with E-state index in [4.69, 9.17) is 4.98 Å². The Balaban J connectivity index is 1.50. The molecule has 1 aromatic carbocycles. The van der Waals surface area contributed by atoms with Crippen molar-refractivity contribution in [2.45, 2.75) is 19.3 Å². The van der Waals surface area contributed by atoms with Crippen molar-refractivity contribution >= 4 is 22.4 Å². The van der Waals surface area contributed by atoms with Crippen LogP contribution in [0, 0.1) is 11.2 Å². The summed E-state index contributed by atoms with van der Waals surface area (Å²) in [5.41, 5.74) is 1.39. The molecule has 1 spiro atoms. The van der Waals surface area contributed by atoms with E-state index in [9.17, 15) is 14.3 Å². The van der Waals surface area contributed by atoms with E-state index in [2.05, 4.69) is 4.90 Å². The Morgan fingerprint density at radius 2 is 2.04 bits per heavy atom. The highest BCUT2D eigenvalue weighted by Crippen LogP contribution is 2.42. The van der Waals surface area contributed by atoms with Gasteiger partial charge in [0.2, 0.25) is 5.91 Å². The molecule has 5 nitrogen and oxygen atoms in total. The van der Waals surface area contributed by atoms with Gasteiger partial charge in [-0.1, -0.05) is 0 Å². The van der Waals surface area contributed by atoms with Gasteiger partial charge in [-0.3, -0.25) is 4.79 Å². The number of anilines is 1. The molecule has 1 atom stereocenters. The van der Waals surface area contributed by atoms with Crippen LogP contribution in [0.5, 0.6) is 0 Å². The average Bonchev–Trinajstić information content (AvgIpc) is 3.28. The first kappa shape index (κ1) is 17.4. The number of hydrogen-bond acceptors (Lipinski definition) is 5. The first-order valence-corrected chi connectivity index (χ1v) is 9.86. The molecule has 2 saturated heterocycles. The van der Waals surface area contributed by atoms with Crippen LogP contribution in [0.15, 0.2) is 29.6 Å². The van der Waals surface area contributed by atoms with Crippen molar-refractivity contribution in [3.63, 3.8) is 0 Å². The second-order valence-corrected chi connectivity index (χ2v) is 7.93. The minimum absolute atomic E-state index is 0.0129. The fourth-order valence-electron chi connectivity index (χ4n) is 4.06. The molecule has 1 amide bonds. The molecular weight excluding hydrogens is 353 g/mol. The molecule has 2 aliphatic heterocycles. The minimum Gasteiger partial charge on any atom is -0.395 e. The number of halogens is 1. The largest absolute Gasteiger partial charge is 0.395 e. The summed E-state index contributed by atoms with van der Waals surface area (Å²) in [4.78, 5) is 21.6. The van der Waals surface area contributed by atoms with Crippen molar-refractivity contribution in [1.29, 1.82) is 0 Å². The highest BCUT2D eigenvalue weighted by molar-refractivity contribution is 7.14. The number of rotatable bonds is 4. The number of piperidine rings is 1. The van der Waals surface area contributed by atoms with Gasteiger partial charge in [0.1, 0.15) is 5.82 Å². The van der Waals surface area contributed by atoms with Gasteiger partial charge in [-0.25, -0.2) is 9.37 Å². The van der Waals surface area contributed by atoms with Crippen molar-refractivity contribution in [3.8, 4) is 11.3 Å². The molecule has 1 aromatic heterocycles. The third-order valence-electron chi connectivity index (χ3n) is 5.45. The molecule has 0 saturated carbocycles. The normalized spacial score (nSPS) is 23.2. The lowest BCUT2D eigenvalue weighted by molar-refractivity contribution is -0.145. The second kappa shape index (κ2) is 6.96. The number of thiazole rings is 1. The summed E-state index contributed by atoms with van der Waals surface area (Å²) in [5, 5.41) is 12.1. The molecule has 138 valence electrons. The maximum atomic E-state index is 13.1. The quantitative estimate of drug-likeness (QED) is 0.893. The molecule has 0 unspecified atom stereocenters. The number of aromatic nitrogens is 1. The lowest BCUT2D eigenvalue weighted by atomic mass is 9.78. The molecule has 0 aliphatic carbocycles. The number of hydrogen-bond donors (Lipinski definition) is 1. The maximum Gasteiger partial charge on any atom is 0.230 e. The third-order valence-corrected chi connectivity index (χ3v) is 6.35. The zero-order valence-electron chi connectivity index (χ0n) is 14.5. The Hall–Kier alpha value is -1.99. The van der Waals surface area contributed by atoms with Crippen molar-refractivity contribution in [2.24, 2.45) is 5.41 Å². The number of likely N-dealkylation sites (tertiary alicyclic amines) is 1. The van der Waals surface area contributed by atoms with E-state index in [0.29, 0.717) is 13.1 Å². The van der Waals surface area contributed by atoms with Gasteiger partial charge in [-0.15, -0.1) is 11.3 Å². The van der Waals surface area contributed by atoms with E-state index in [1.54, 1.807) is 28.4 Å². The fourth-order valence-corrected chi connectivity index (χ4v) is 4.93. The summed E-state index contributed by atoms with van der Waals surface area (Å²) in [5.74, 6) is -0.0791. The van der Waals surface area contributed by atoms with E-state index < -0.39 is 0 Å². The zero-order valence-corrected chi connectivity index (χ0v) is 15.3. The van der Waals surface area contributed by atoms with Crippen molar-refractivity contribution in [2.75, 3.05) is 37.7 Å². The Labute approximate surface area is 156 Å². The molecule has 7 heteroatoms. The standard InChI is InChI=1S/C19H22FN3O2S/c20-15-4-2-14(3-5-15)16-12-26-18(21-16)23-9-7-19(13-23)6-1-8-22(10-11-24)17(19)25/h2-5,12,24H,1,6-11,13H2/t19-/m1/s1. The Morgan fingerprint density at radius 1 is 1.23 bits per heavy atom. The molecule has 4 rings (SSSR count). The maximum absolute atomic E-state index is 13.1. The molecule has 1 N–H and O–H groups in total. The van der Waals surface area contributed by atoms with Crippen LogP contribution in [0.3, 0.4) is 0 Å². The summed E-state index contributed by atoms with van der Waals surface area (Å²) in [6, 6.07) is 6.35. The monoisotopic (exact) mass is 375 g/mol. The average molecular weight is 375 g/mol. The molecule has 2 fully saturated rings. The number of carbonyl (C=O) groups excluding carboxylic acids is 1. The molecule has 2 aromatic rings. The van der Waals surface area contributed by atoms with Crippen molar-refractivity contribution in [1.82, 2.24) is 9.88 Å². The molecular formula is C19H22FN3O2S. The first-order chi connectivity index (χ1) is 12.6. The number of carbonyl (C=O) groups is 1. The summed E-state index contributed by atoms with van der Waals surface area (Å²) in [7, 11) is 0. The molecule has 0 bridgehead atoms.